The summed E-state index contributed by atoms with van der Waals surface area (Å²) in [5.74, 6) is 1.12. The van der Waals surface area contributed by atoms with Gasteiger partial charge in [-0.15, -0.1) is 0 Å². The van der Waals surface area contributed by atoms with Crippen LogP contribution in [0.15, 0.2) is 18.2 Å². The van der Waals surface area contributed by atoms with Crippen LogP contribution >= 0.6 is 0 Å². The van der Waals surface area contributed by atoms with Crippen LogP contribution in [0.3, 0.4) is 0 Å². The number of unbranched alkanes of at least 4 members (excludes halogenated alkanes) is 1. The molecule has 0 unspecified atom stereocenters. The number of ether oxygens (including phenoxy) is 2. The van der Waals surface area contributed by atoms with Crippen molar-refractivity contribution < 1.29 is 14.3 Å². The van der Waals surface area contributed by atoms with Gasteiger partial charge in [-0.2, -0.15) is 0 Å². The smallest absolute Gasteiger partial charge is 0.251 e. The lowest BCUT2D eigenvalue weighted by molar-refractivity contribution is 0.0940. The van der Waals surface area contributed by atoms with Gasteiger partial charge in [0.05, 0.1) is 13.2 Å². The Bertz CT molecular complexity index is 449. The van der Waals surface area contributed by atoms with E-state index in [1.54, 1.807) is 18.2 Å². The van der Waals surface area contributed by atoms with Gasteiger partial charge in [0.1, 0.15) is 0 Å². The van der Waals surface area contributed by atoms with Crippen LogP contribution in [0.4, 0.5) is 0 Å². The predicted molar refractivity (Wildman–Crippen MR) is 84.0 cm³/mol. The third kappa shape index (κ3) is 5.63. The number of nitrogens with two attached hydrogens (primary N) is 1. The van der Waals surface area contributed by atoms with Crippen molar-refractivity contribution in [3.63, 3.8) is 0 Å². The van der Waals surface area contributed by atoms with Gasteiger partial charge in [-0.1, -0.05) is 13.3 Å². The predicted octanol–water partition coefficient (Wildman–Crippen LogP) is 2.34. The maximum Gasteiger partial charge on any atom is 0.251 e. The Morgan fingerprint density at radius 1 is 1.29 bits per heavy atom. The molecule has 0 bridgehead atoms. The van der Waals surface area contributed by atoms with Crippen LogP contribution in [-0.2, 0) is 0 Å². The second kappa shape index (κ2) is 9.23. The van der Waals surface area contributed by atoms with E-state index < -0.39 is 0 Å². The molecule has 0 aromatic heterocycles. The monoisotopic (exact) mass is 294 g/mol. The van der Waals surface area contributed by atoms with E-state index in [1.165, 1.54) is 0 Å². The maximum atomic E-state index is 12.1. The summed E-state index contributed by atoms with van der Waals surface area (Å²) in [6.45, 7) is 7.45. The Morgan fingerprint density at radius 2 is 2.05 bits per heavy atom. The fourth-order valence-corrected chi connectivity index (χ4v) is 1.73. The van der Waals surface area contributed by atoms with E-state index in [1.807, 2.05) is 13.8 Å². The molecule has 3 N–H and O–H groups in total. The van der Waals surface area contributed by atoms with Crippen molar-refractivity contribution in [2.75, 3.05) is 19.8 Å². The highest BCUT2D eigenvalue weighted by Gasteiger charge is 2.13. The molecule has 118 valence electrons. The largest absolute Gasteiger partial charge is 0.490 e. The zero-order valence-corrected chi connectivity index (χ0v) is 13.1. The Labute approximate surface area is 126 Å². The van der Waals surface area contributed by atoms with Crippen LogP contribution in [0, 0.1) is 0 Å². The van der Waals surface area contributed by atoms with E-state index in [2.05, 4.69) is 12.2 Å². The lowest BCUT2D eigenvalue weighted by atomic mass is 10.1. The van der Waals surface area contributed by atoms with Gasteiger partial charge in [0.2, 0.25) is 0 Å². The van der Waals surface area contributed by atoms with E-state index in [0.29, 0.717) is 36.8 Å². The fourth-order valence-electron chi connectivity index (χ4n) is 1.73. The minimum Gasteiger partial charge on any atom is -0.490 e. The summed E-state index contributed by atoms with van der Waals surface area (Å²) in [5, 5.41) is 2.83. The van der Waals surface area contributed by atoms with Crippen LogP contribution in [-0.4, -0.2) is 31.7 Å². The molecule has 5 nitrogen and oxygen atoms in total. The van der Waals surface area contributed by atoms with E-state index in [0.717, 1.165) is 12.8 Å². The molecule has 0 aliphatic rings. The van der Waals surface area contributed by atoms with Crippen molar-refractivity contribution in [3.8, 4) is 11.5 Å². The molecule has 0 radical (unpaired) electrons. The Hall–Kier alpha value is -1.75. The number of amides is 1. The number of rotatable bonds is 9. The summed E-state index contributed by atoms with van der Waals surface area (Å²) < 4.78 is 11.3. The van der Waals surface area contributed by atoms with Crippen LogP contribution in [0.5, 0.6) is 11.5 Å². The van der Waals surface area contributed by atoms with Gasteiger partial charge in [-0.05, 0) is 38.5 Å². The average molecular weight is 294 g/mol. The number of carbonyl (C=O) groups excluding carboxylic acids is 1. The molecule has 0 heterocycles. The van der Waals surface area contributed by atoms with Crippen LogP contribution in [0.2, 0.25) is 0 Å². The van der Waals surface area contributed by atoms with E-state index >= 15 is 0 Å². The molecule has 5 heteroatoms. The molecular weight excluding hydrogens is 268 g/mol. The molecule has 0 saturated carbocycles. The van der Waals surface area contributed by atoms with Crippen molar-refractivity contribution >= 4 is 5.91 Å². The van der Waals surface area contributed by atoms with Gasteiger partial charge in [0, 0.05) is 18.2 Å². The topological polar surface area (TPSA) is 73.6 Å². The summed E-state index contributed by atoms with van der Waals surface area (Å²) >= 11 is 0. The van der Waals surface area contributed by atoms with Crippen LogP contribution in [0.25, 0.3) is 0 Å². The van der Waals surface area contributed by atoms with E-state index in [-0.39, 0.29) is 11.9 Å². The number of carbonyl (C=O) groups is 1. The number of hydrogen-bond donors (Lipinski definition) is 2. The quantitative estimate of drug-likeness (QED) is 0.686. The standard InChI is InChI=1S/C16H26N2O3/c1-4-6-9-21-14-8-7-13(10-15(14)20-5-2)16(19)18-12(3)11-17/h7-8,10,12H,4-6,9,11,17H2,1-3H3,(H,18,19)/t12-/m0/s1. The highest BCUT2D eigenvalue weighted by Crippen LogP contribution is 2.28. The Balaban J connectivity index is 2.83. The molecule has 0 fully saturated rings. The van der Waals surface area contributed by atoms with E-state index in [9.17, 15) is 4.79 Å². The maximum absolute atomic E-state index is 12.1. The molecule has 1 atom stereocenters. The third-order valence-electron chi connectivity index (χ3n) is 2.99. The molecule has 1 amide bonds. The third-order valence-corrected chi connectivity index (χ3v) is 2.99. The summed E-state index contributed by atoms with van der Waals surface area (Å²) in [6.07, 6.45) is 2.06. The zero-order chi connectivity index (χ0) is 15.7. The fraction of sp³-hybridized carbons (Fsp3) is 0.562. The first-order chi connectivity index (χ1) is 10.1. The zero-order valence-electron chi connectivity index (χ0n) is 13.1. The highest BCUT2D eigenvalue weighted by molar-refractivity contribution is 5.95. The van der Waals surface area contributed by atoms with Crippen molar-refractivity contribution in [2.24, 2.45) is 5.73 Å². The molecular formula is C16H26N2O3. The summed E-state index contributed by atoms with van der Waals surface area (Å²) in [6, 6.07) is 5.17. The minimum atomic E-state index is -0.158. The van der Waals surface area contributed by atoms with Gasteiger partial charge in [0.25, 0.3) is 5.91 Å². The van der Waals surface area contributed by atoms with Gasteiger partial charge < -0.3 is 20.5 Å². The number of nitrogens with one attached hydrogen (secondary N) is 1. The Morgan fingerprint density at radius 3 is 2.67 bits per heavy atom. The first-order valence-electron chi connectivity index (χ1n) is 7.52. The highest BCUT2D eigenvalue weighted by atomic mass is 16.5. The van der Waals surface area contributed by atoms with Gasteiger partial charge in [-0.3, -0.25) is 4.79 Å². The summed E-state index contributed by atoms with van der Waals surface area (Å²) in [4.78, 5) is 12.1. The minimum absolute atomic E-state index is 0.0616. The molecule has 1 aromatic rings. The first kappa shape index (κ1) is 17.3. The van der Waals surface area contributed by atoms with Gasteiger partial charge >= 0.3 is 0 Å². The number of benzene rings is 1. The van der Waals surface area contributed by atoms with Crippen LogP contribution in [0.1, 0.15) is 44.0 Å². The average Bonchev–Trinajstić information content (AvgIpc) is 2.48. The molecule has 0 spiro atoms. The molecule has 0 saturated heterocycles. The van der Waals surface area contributed by atoms with Gasteiger partial charge in [-0.25, -0.2) is 0 Å². The van der Waals surface area contributed by atoms with Crippen molar-refractivity contribution in [1.82, 2.24) is 5.32 Å². The number of hydrogen-bond acceptors (Lipinski definition) is 4. The molecule has 0 aliphatic heterocycles. The lowest BCUT2D eigenvalue weighted by Crippen LogP contribution is -2.37. The van der Waals surface area contributed by atoms with Crippen molar-refractivity contribution in [3.05, 3.63) is 23.8 Å². The molecule has 1 aromatic carbocycles. The van der Waals surface area contributed by atoms with Crippen molar-refractivity contribution in [2.45, 2.75) is 39.7 Å². The first-order valence-corrected chi connectivity index (χ1v) is 7.52. The lowest BCUT2D eigenvalue weighted by Gasteiger charge is -2.15. The van der Waals surface area contributed by atoms with Gasteiger partial charge in [0.15, 0.2) is 11.5 Å². The molecule has 0 aliphatic carbocycles. The van der Waals surface area contributed by atoms with E-state index in [4.69, 9.17) is 15.2 Å². The second-order valence-corrected chi connectivity index (χ2v) is 4.91. The SMILES string of the molecule is CCCCOc1ccc(C(=O)N[C@@H](C)CN)cc1OCC. The normalized spacial score (nSPS) is 11.8. The summed E-state index contributed by atoms with van der Waals surface area (Å²) in [7, 11) is 0. The molecule has 1 rings (SSSR count). The Kier molecular flexibility index (Phi) is 7.61. The second-order valence-electron chi connectivity index (χ2n) is 4.91. The van der Waals surface area contributed by atoms with Crippen molar-refractivity contribution in [1.29, 1.82) is 0 Å². The summed E-state index contributed by atoms with van der Waals surface area (Å²) in [5.41, 5.74) is 6.05. The van der Waals surface area contributed by atoms with Crippen LogP contribution < -0.4 is 20.5 Å². The molecule has 21 heavy (non-hydrogen) atoms.